The molecule has 1 amide bonds. The molecule has 0 aromatic carbocycles. The van der Waals surface area contributed by atoms with Crippen LogP contribution in [0, 0.1) is 5.92 Å². The van der Waals surface area contributed by atoms with Crippen molar-refractivity contribution in [2.24, 2.45) is 5.92 Å². The summed E-state index contributed by atoms with van der Waals surface area (Å²) in [6.07, 6.45) is 3.18. The molecule has 2 heterocycles. The third-order valence-electron chi connectivity index (χ3n) is 3.78. The molecular weight excluding hydrogens is 294 g/mol. The topological polar surface area (TPSA) is 71.5 Å². The monoisotopic (exact) mass is 319 g/mol. The van der Waals surface area contributed by atoms with E-state index in [4.69, 9.17) is 4.74 Å². The molecule has 1 fully saturated rings. The van der Waals surface area contributed by atoms with Crippen LogP contribution in [0.3, 0.4) is 0 Å². The number of esters is 1. The fourth-order valence-electron chi connectivity index (χ4n) is 2.70. The zero-order valence-corrected chi connectivity index (χ0v) is 14.0. The number of amides is 1. The van der Waals surface area contributed by atoms with Crippen molar-refractivity contribution in [3.8, 4) is 0 Å². The Morgan fingerprint density at radius 1 is 1.43 bits per heavy atom. The van der Waals surface area contributed by atoms with Gasteiger partial charge in [-0.15, -0.1) is 0 Å². The van der Waals surface area contributed by atoms with Crippen molar-refractivity contribution >= 4 is 17.7 Å². The highest BCUT2D eigenvalue weighted by atomic mass is 16.5. The predicted molar refractivity (Wildman–Crippen MR) is 88.3 cm³/mol. The van der Waals surface area contributed by atoms with Crippen LogP contribution in [0.25, 0.3) is 0 Å². The van der Waals surface area contributed by atoms with Crippen LogP contribution in [0.2, 0.25) is 0 Å². The maximum absolute atomic E-state index is 12.6. The van der Waals surface area contributed by atoms with Crippen LogP contribution in [0.1, 0.15) is 44.0 Å². The molecule has 126 valence electrons. The van der Waals surface area contributed by atoms with E-state index in [0.717, 1.165) is 18.7 Å². The van der Waals surface area contributed by atoms with Crippen LogP contribution in [0.4, 0.5) is 5.82 Å². The van der Waals surface area contributed by atoms with Crippen LogP contribution in [0.5, 0.6) is 0 Å². The third kappa shape index (κ3) is 4.68. The molecule has 1 atom stereocenters. The van der Waals surface area contributed by atoms with Gasteiger partial charge in [0.25, 0.3) is 5.91 Å². The fraction of sp³-hybridized carbons (Fsp3) is 0.588. The van der Waals surface area contributed by atoms with E-state index in [1.807, 2.05) is 13.8 Å². The fourth-order valence-corrected chi connectivity index (χ4v) is 2.70. The summed E-state index contributed by atoms with van der Waals surface area (Å²) in [7, 11) is 0. The lowest BCUT2D eigenvalue weighted by Gasteiger charge is -2.31. The smallest absolute Gasteiger partial charge is 0.310 e. The quantitative estimate of drug-likeness (QED) is 0.843. The molecule has 0 radical (unpaired) electrons. The Morgan fingerprint density at radius 2 is 2.22 bits per heavy atom. The van der Waals surface area contributed by atoms with E-state index >= 15 is 0 Å². The number of piperidine rings is 1. The minimum atomic E-state index is -0.220. The Bertz CT molecular complexity index is 543. The first-order valence-corrected chi connectivity index (χ1v) is 8.19. The molecule has 1 aromatic heterocycles. The van der Waals surface area contributed by atoms with Gasteiger partial charge in [0.05, 0.1) is 18.1 Å². The number of nitrogens with zero attached hydrogens (tertiary/aromatic N) is 2. The Morgan fingerprint density at radius 3 is 2.83 bits per heavy atom. The lowest BCUT2D eigenvalue weighted by molar-refractivity contribution is -0.149. The number of nitrogens with one attached hydrogen (secondary N) is 1. The lowest BCUT2D eigenvalue weighted by atomic mass is 9.97. The summed E-state index contributed by atoms with van der Waals surface area (Å²) in [5.74, 6) is 0.240. The average Bonchev–Trinajstić information content (AvgIpc) is 2.55. The van der Waals surface area contributed by atoms with Crippen molar-refractivity contribution in [1.82, 2.24) is 9.88 Å². The second kappa shape index (κ2) is 7.94. The van der Waals surface area contributed by atoms with Gasteiger partial charge in [-0.1, -0.05) is 0 Å². The van der Waals surface area contributed by atoms with E-state index in [-0.39, 0.29) is 23.8 Å². The van der Waals surface area contributed by atoms with Gasteiger partial charge in [-0.05, 0) is 45.7 Å². The maximum Gasteiger partial charge on any atom is 0.310 e. The van der Waals surface area contributed by atoms with Gasteiger partial charge in [0.15, 0.2) is 0 Å². The van der Waals surface area contributed by atoms with Crippen molar-refractivity contribution in [2.75, 3.05) is 25.0 Å². The van der Waals surface area contributed by atoms with E-state index < -0.39 is 0 Å². The van der Waals surface area contributed by atoms with Gasteiger partial charge < -0.3 is 15.0 Å². The molecule has 1 unspecified atom stereocenters. The summed E-state index contributed by atoms with van der Waals surface area (Å²) in [5, 5.41) is 3.19. The summed E-state index contributed by atoms with van der Waals surface area (Å²) in [6, 6.07) is 3.87. The number of aromatic nitrogens is 1. The van der Waals surface area contributed by atoms with Gasteiger partial charge in [-0.25, -0.2) is 4.98 Å². The highest BCUT2D eigenvalue weighted by Crippen LogP contribution is 2.20. The maximum atomic E-state index is 12.6. The molecule has 1 aliphatic heterocycles. The van der Waals surface area contributed by atoms with E-state index in [9.17, 15) is 9.59 Å². The molecule has 1 saturated heterocycles. The molecule has 6 heteroatoms. The largest absolute Gasteiger partial charge is 0.466 e. The summed E-state index contributed by atoms with van der Waals surface area (Å²) in [6.45, 7) is 7.32. The second-order valence-corrected chi connectivity index (χ2v) is 6.07. The first-order valence-electron chi connectivity index (χ1n) is 8.19. The average molecular weight is 319 g/mol. The van der Waals surface area contributed by atoms with Crippen molar-refractivity contribution in [3.05, 3.63) is 23.9 Å². The number of rotatable bonds is 5. The molecule has 0 bridgehead atoms. The Hall–Kier alpha value is -2.11. The summed E-state index contributed by atoms with van der Waals surface area (Å²) in [5.41, 5.74) is 0.545. The van der Waals surface area contributed by atoms with Crippen molar-refractivity contribution in [1.29, 1.82) is 0 Å². The highest BCUT2D eigenvalue weighted by molar-refractivity contribution is 5.94. The van der Waals surface area contributed by atoms with Crippen LogP contribution in [-0.4, -0.2) is 47.5 Å². The molecule has 1 aromatic rings. The number of pyridine rings is 1. The first-order chi connectivity index (χ1) is 11.0. The summed E-state index contributed by atoms with van der Waals surface area (Å²) < 4.78 is 5.07. The molecule has 6 nitrogen and oxygen atoms in total. The van der Waals surface area contributed by atoms with Gasteiger partial charge >= 0.3 is 5.97 Å². The van der Waals surface area contributed by atoms with Crippen LogP contribution in [-0.2, 0) is 9.53 Å². The normalized spacial score (nSPS) is 17.9. The van der Waals surface area contributed by atoms with Crippen molar-refractivity contribution < 1.29 is 14.3 Å². The zero-order chi connectivity index (χ0) is 16.8. The third-order valence-corrected chi connectivity index (χ3v) is 3.78. The van der Waals surface area contributed by atoms with Crippen molar-refractivity contribution in [2.45, 2.75) is 39.7 Å². The van der Waals surface area contributed by atoms with Gasteiger partial charge in [0.1, 0.15) is 5.82 Å². The second-order valence-electron chi connectivity index (χ2n) is 6.07. The minimum absolute atomic E-state index is 0.0809. The molecule has 1 N–H and O–H groups in total. The van der Waals surface area contributed by atoms with Gasteiger partial charge in [0, 0.05) is 25.3 Å². The highest BCUT2D eigenvalue weighted by Gasteiger charge is 2.29. The number of hydrogen-bond donors (Lipinski definition) is 1. The lowest BCUT2D eigenvalue weighted by Crippen LogP contribution is -2.42. The first kappa shape index (κ1) is 17.2. The number of ether oxygens (including phenoxy) is 1. The van der Waals surface area contributed by atoms with E-state index in [2.05, 4.69) is 10.3 Å². The Labute approximate surface area is 137 Å². The summed E-state index contributed by atoms with van der Waals surface area (Å²) >= 11 is 0. The molecule has 0 spiro atoms. The Balaban J connectivity index is 2.00. The minimum Gasteiger partial charge on any atom is -0.466 e. The molecule has 1 aliphatic rings. The van der Waals surface area contributed by atoms with Crippen LogP contribution in [0.15, 0.2) is 18.3 Å². The van der Waals surface area contributed by atoms with Gasteiger partial charge in [0.2, 0.25) is 0 Å². The van der Waals surface area contributed by atoms with E-state index in [1.165, 1.54) is 0 Å². The van der Waals surface area contributed by atoms with E-state index in [1.54, 1.807) is 30.2 Å². The SMILES string of the molecule is CCOC(=O)C1CCCN(C(=O)c2ccc(NC(C)C)nc2)C1. The standard InChI is InChI=1S/C17H25N3O3/c1-4-23-17(22)14-6-5-9-20(11-14)16(21)13-7-8-15(18-10-13)19-12(2)3/h7-8,10,12,14H,4-6,9,11H2,1-3H3,(H,18,19). The van der Waals surface area contributed by atoms with Gasteiger partial charge in [-0.3, -0.25) is 9.59 Å². The number of anilines is 1. The molecule has 0 aliphatic carbocycles. The molecule has 23 heavy (non-hydrogen) atoms. The summed E-state index contributed by atoms with van der Waals surface area (Å²) in [4.78, 5) is 30.4. The number of carbonyl (C=O) groups is 2. The van der Waals surface area contributed by atoms with Gasteiger partial charge in [-0.2, -0.15) is 0 Å². The van der Waals surface area contributed by atoms with Crippen LogP contribution >= 0.6 is 0 Å². The van der Waals surface area contributed by atoms with Crippen LogP contribution < -0.4 is 5.32 Å². The predicted octanol–water partition coefficient (Wildman–Crippen LogP) is 2.32. The number of hydrogen-bond acceptors (Lipinski definition) is 5. The molecule has 2 rings (SSSR count). The number of carbonyl (C=O) groups excluding carboxylic acids is 2. The van der Waals surface area contributed by atoms with E-state index in [0.29, 0.717) is 25.3 Å². The zero-order valence-electron chi connectivity index (χ0n) is 14.0. The molecular formula is C17H25N3O3. The van der Waals surface area contributed by atoms with Crippen molar-refractivity contribution in [3.63, 3.8) is 0 Å². The number of likely N-dealkylation sites (tertiary alicyclic amines) is 1. The molecule has 0 saturated carbocycles. The Kier molecular flexibility index (Phi) is 5.96.